The van der Waals surface area contributed by atoms with Crippen molar-refractivity contribution in [3.8, 4) is 0 Å². The zero-order valence-corrected chi connectivity index (χ0v) is 19.4. The molecule has 0 amide bonds. The maximum Gasteiger partial charge on any atom is 0.288 e. The van der Waals surface area contributed by atoms with Crippen LogP contribution in [0.1, 0.15) is 51.5 Å². The van der Waals surface area contributed by atoms with Crippen LogP contribution in [-0.2, 0) is 17.1 Å². The smallest absolute Gasteiger partial charge is 0.288 e. The van der Waals surface area contributed by atoms with Crippen LogP contribution >= 0.6 is 11.6 Å². The summed E-state index contributed by atoms with van der Waals surface area (Å²) in [7, 11) is 0. The molecule has 0 aliphatic heterocycles. The van der Waals surface area contributed by atoms with Crippen molar-refractivity contribution in [3.05, 3.63) is 80.7 Å². The lowest BCUT2D eigenvalue weighted by Crippen LogP contribution is -2.51. The highest BCUT2D eigenvalue weighted by Gasteiger charge is 2.41. The van der Waals surface area contributed by atoms with Gasteiger partial charge in [-0.2, -0.15) is 0 Å². The number of rotatable bonds is 7. The molecule has 0 bridgehead atoms. The predicted octanol–water partition coefficient (Wildman–Crippen LogP) is 5.20. The van der Waals surface area contributed by atoms with Crippen molar-refractivity contribution in [2.75, 3.05) is 6.54 Å². The molecule has 0 saturated carbocycles. The molecule has 3 rings (SSSR count). The van der Waals surface area contributed by atoms with Crippen molar-refractivity contribution in [3.63, 3.8) is 0 Å². The minimum atomic E-state index is -2.00. The van der Waals surface area contributed by atoms with Crippen LogP contribution in [0, 0.1) is 5.92 Å². The highest BCUT2D eigenvalue weighted by molar-refractivity contribution is 6.31. The fraction of sp³-hybridized carbons (Fsp3) is 0.400. The van der Waals surface area contributed by atoms with Gasteiger partial charge in [0.2, 0.25) is 0 Å². The Hall–Kier alpha value is -2.18. The average molecular weight is 444 g/mol. The molecule has 5 nitrogen and oxygen atoms in total. The Morgan fingerprint density at radius 1 is 1.13 bits per heavy atom. The first-order valence-corrected chi connectivity index (χ1v) is 10.8. The normalized spacial score (nSPS) is 14.2. The molecule has 31 heavy (non-hydrogen) atoms. The summed E-state index contributed by atoms with van der Waals surface area (Å²) < 4.78 is 12.2. The van der Waals surface area contributed by atoms with E-state index in [1.54, 1.807) is 18.2 Å². The van der Waals surface area contributed by atoms with Gasteiger partial charge in [-0.05, 0) is 44.4 Å². The van der Waals surface area contributed by atoms with E-state index in [1.165, 1.54) is 0 Å². The Labute approximate surface area is 188 Å². The molecule has 0 fully saturated rings. The van der Waals surface area contributed by atoms with Crippen LogP contribution in [0.25, 0.3) is 11.0 Å². The first-order chi connectivity index (χ1) is 14.5. The van der Waals surface area contributed by atoms with Gasteiger partial charge in [-0.15, -0.1) is 0 Å². The van der Waals surface area contributed by atoms with Crippen LogP contribution in [0.4, 0.5) is 0 Å². The Morgan fingerprint density at radius 2 is 1.81 bits per heavy atom. The molecule has 6 heteroatoms. The monoisotopic (exact) mass is 443 g/mol. The van der Waals surface area contributed by atoms with E-state index < -0.39 is 11.5 Å². The summed E-state index contributed by atoms with van der Waals surface area (Å²) in [6.07, 6.45) is 0.288. The van der Waals surface area contributed by atoms with Gasteiger partial charge in [0, 0.05) is 24.1 Å². The van der Waals surface area contributed by atoms with Crippen molar-refractivity contribution in [1.29, 1.82) is 0 Å². The van der Waals surface area contributed by atoms with Gasteiger partial charge < -0.3 is 14.3 Å². The van der Waals surface area contributed by atoms with Crippen molar-refractivity contribution < 1.29 is 14.3 Å². The van der Waals surface area contributed by atoms with Crippen LogP contribution in [0.2, 0.25) is 5.02 Å². The third kappa shape index (κ3) is 5.74. The Bertz CT molecular complexity index is 1100. The number of fused-ring (bicyclic) bond motifs is 1. The van der Waals surface area contributed by atoms with E-state index in [0.717, 1.165) is 5.56 Å². The predicted molar refractivity (Wildman–Crippen MR) is 124 cm³/mol. The first kappa shape index (κ1) is 23.5. The van der Waals surface area contributed by atoms with Gasteiger partial charge >= 0.3 is 0 Å². The average Bonchev–Trinajstić information content (AvgIpc) is 2.68. The fourth-order valence-corrected chi connectivity index (χ4v) is 3.55. The molecule has 0 aliphatic carbocycles. The molecule has 1 aromatic heterocycles. The van der Waals surface area contributed by atoms with E-state index in [4.69, 9.17) is 20.8 Å². The zero-order valence-electron chi connectivity index (χ0n) is 18.7. The molecule has 1 atom stereocenters. The summed E-state index contributed by atoms with van der Waals surface area (Å²) in [4.78, 5) is 13.5. The third-order valence-corrected chi connectivity index (χ3v) is 4.92. The minimum absolute atomic E-state index is 0.0479. The van der Waals surface area contributed by atoms with Crippen LogP contribution < -0.4 is 10.7 Å². The van der Waals surface area contributed by atoms with Crippen LogP contribution in [-0.4, -0.2) is 17.3 Å². The van der Waals surface area contributed by atoms with E-state index in [9.17, 15) is 9.90 Å². The second-order valence-corrected chi connectivity index (χ2v) is 9.61. The third-order valence-electron chi connectivity index (χ3n) is 4.68. The van der Waals surface area contributed by atoms with Crippen molar-refractivity contribution in [2.24, 2.45) is 5.92 Å². The van der Waals surface area contributed by atoms with Gasteiger partial charge in [0.25, 0.3) is 5.91 Å². The van der Waals surface area contributed by atoms with Gasteiger partial charge in [0.05, 0.1) is 16.6 Å². The molecule has 2 N–H and O–H groups in total. The molecule has 2 aromatic carbocycles. The summed E-state index contributed by atoms with van der Waals surface area (Å²) in [6.45, 7) is 10.00. The number of aliphatic hydroxyl groups is 1. The van der Waals surface area contributed by atoms with Gasteiger partial charge in [-0.1, -0.05) is 55.8 Å². The standard InChI is InChI=1S/C25H30ClNO4/c1-16(2)15-27-25(29,31-24(3,4)5)23-20(13-17-9-7-6-8-10-17)22(28)19-12-11-18(26)14-21(19)30-23/h6-12,14,16,27,29H,13,15H2,1-5H3. The first-order valence-electron chi connectivity index (χ1n) is 10.5. The van der Waals surface area contributed by atoms with Crippen LogP contribution in [0.15, 0.2) is 57.7 Å². The van der Waals surface area contributed by atoms with Crippen molar-refractivity contribution in [2.45, 2.75) is 52.6 Å². The molecule has 0 saturated heterocycles. The molecule has 3 aromatic rings. The quantitative estimate of drug-likeness (QED) is 0.491. The Balaban J connectivity index is 2.27. The lowest BCUT2D eigenvalue weighted by molar-refractivity contribution is -0.290. The Kier molecular flexibility index (Phi) is 6.92. The second-order valence-electron chi connectivity index (χ2n) is 9.17. The van der Waals surface area contributed by atoms with E-state index >= 15 is 0 Å². The summed E-state index contributed by atoms with van der Waals surface area (Å²) in [5.74, 6) is -1.72. The summed E-state index contributed by atoms with van der Waals surface area (Å²) >= 11 is 6.14. The van der Waals surface area contributed by atoms with E-state index in [1.807, 2.05) is 65.0 Å². The minimum Gasteiger partial charge on any atom is -0.453 e. The molecule has 0 spiro atoms. The number of hydrogen-bond acceptors (Lipinski definition) is 5. The largest absolute Gasteiger partial charge is 0.453 e. The van der Waals surface area contributed by atoms with Gasteiger partial charge in [-0.25, -0.2) is 0 Å². The molecular weight excluding hydrogens is 414 g/mol. The molecule has 1 heterocycles. The maximum absolute atomic E-state index is 13.5. The SMILES string of the molecule is CC(C)CNC(O)(OC(C)(C)C)c1oc2cc(Cl)ccc2c(=O)c1Cc1ccccc1. The summed E-state index contributed by atoms with van der Waals surface area (Å²) in [6, 6.07) is 14.5. The summed E-state index contributed by atoms with van der Waals surface area (Å²) in [5.41, 5.74) is 0.617. The maximum atomic E-state index is 13.5. The highest BCUT2D eigenvalue weighted by Crippen LogP contribution is 2.32. The topological polar surface area (TPSA) is 71.7 Å². The van der Waals surface area contributed by atoms with Crippen LogP contribution in [0.5, 0.6) is 0 Å². The summed E-state index contributed by atoms with van der Waals surface area (Å²) in [5, 5.41) is 15.6. The van der Waals surface area contributed by atoms with Crippen molar-refractivity contribution in [1.82, 2.24) is 5.32 Å². The molecule has 0 aliphatic rings. The van der Waals surface area contributed by atoms with Gasteiger partial charge in [0.1, 0.15) is 5.58 Å². The second kappa shape index (κ2) is 9.13. The van der Waals surface area contributed by atoms with Crippen LogP contribution in [0.3, 0.4) is 0 Å². The fourth-order valence-electron chi connectivity index (χ4n) is 3.39. The van der Waals surface area contributed by atoms with E-state index in [-0.39, 0.29) is 23.5 Å². The number of hydrogen-bond donors (Lipinski definition) is 2. The molecule has 1 unspecified atom stereocenters. The molecule has 166 valence electrons. The number of nitrogens with one attached hydrogen (secondary N) is 1. The lowest BCUT2D eigenvalue weighted by atomic mass is 9.99. The highest BCUT2D eigenvalue weighted by atomic mass is 35.5. The number of halogens is 1. The van der Waals surface area contributed by atoms with E-state index in [2.05, 4.69) is 5.32 Å². The van der Waals surface area contributed by atoms with E-state index in [0.29, 0.717) is 28.1 Å². The zero-order chi connectivity index (χ0) is 22.8. The van der Waals surface area contributed by atoms with Gasteiger partial charge in [-0.3, -0.25) is 10.1 Å². The van der Waals surface area contributed by atoms with Gasteiger partial charge in [0.15, 0.2) is 11.2 Å². The Morgan fingerprint density at radius 3 is 2.42 bits per heavy atom. The molecular formula is C25H30ClNO4. The number of ether oxygens (including phenoxy) is 1. The molecule has 0 radical (unpaired) electrons. The number of benzene rings is 2. The lowest BCUT2D eigenvalue weighted by Gasteiger charge is -2.36. The van der Waals surface area contributed by atoms with Crippen molar-refractivity contribution >= 4 is 22.6 Å².